The summed E-state index contributed by atoms with van der Waals surface area (Å²) in [4.78, 5) is 4.38. The molecule has 1 aromatic heterocycles. The van der Waals surface area contributed by atoms with Crippen LogP contribution in [-0.2, 0) is 12.1 Å². The van der Waals surface area contributed by atoms with E-state index in [-0.39, 0.29) is 0 Å². The van der Waals surface area contributed by atoms with Crippen LogP contribution in [0.1, 0.15) is 58.7 Å². The molecule has 1 aliphatic rings. The lowest BCUT2D eigenvalue weighted by Gasteiger charge is -2.27. The summed E-state index contributed by atoms with van der Waals surface area (Å²) in [6.45, 7) is 7.56. The molecular formula is C14H24N2O. The van der Waals surface area contributed by atoms with Crippen LogP contribution < -0.4 is 0 Å². The van der Waals surface area contributed by atoms with Crippen LogP contribution in [0.2, 0.25) is 0 Å². The summed E-state index contributed by atoms with van der Waals surface area (Å²) in [5.74, 6) is 0.859. The van der Waals surface area contributed by atoms with E-state index >= 15 is 0 Å². The van der Waals surface area contributed by atoms with Gasteiger partial charge in [-0.2, -0.15) is 0 Å². The molecule has 1 atom stereocenters. The van der Waals surface area contributed by atoms with Crippen LogP contribution in [0.4, 0.5) is 0 Å². The highest BCUT2D eigenvalue weighted by Crippen LogP contribution is 2.42. The predicted octanol–water partition coefficient (Wildman–Crippen LogP) is 3.08. The van der Waals surface area contributed by atoms with E-state index in [0.717, 1.165) is 38.1 Å². The fourth-order valence-electron chi connectivity index (χ4n) is 2.85. The maximum atomic E-state index is 10.9. The molecule has 1 aromatic rings. The molecule has 2 rings (SSSR count). The molecule has 0 aliphatic heterocycles. The Kier molecular flexibility index (Phi) is 3.30. The third kappa shape index (κ3) is 2.54. The maximum Gasteiger partial charge on any atom is 0.140 e. The Morgan fingerprint density at radius 2 is 2.06 bits per heavy atom. The molecule has 1 N–H and O–H groups in total. The van der Waals surface area contributed by atoms with Gasteiger partial charge < -0.3 is 9.67 Å². The highest BCUT2D eigenvalue weighted by Gasteiger charge is 2.37. The fourth-order valence-corrected chi connectivity index (χ4v) is 2.85. The van der Waals surface area contributed by atoms with Gasteiger partial charge >= 0.3 is 0 Å². The standard InChI is InChI=1S/C14H24N2O/c1-4-16-11-10-15-12(16)14(17)7-5-6-13(2,3)8-9-14/h10-11,17H,4-9H2,1-3H3. The minimum Gasteiger partial charge on any atom is -0.382 e. The zero-order valence-electron chi connectivity index (χ0n) is 11.2. The topological polar surface area (TPSA) is 38.0 Å². The van der Waals surface area contributed by atoms with Gasteiger partial charge in [-0.3, -0.25) is 0 Å². The Balaban J connectivity index is 2.24. The van der Waals surface area contributed by atoms with E-state index in [1.54, 1.807) is 6.20 Å². The Labute approximate surface area is 104 Å². The van der Waals surface area contributed by atoms with Crippen molar-refractivity contribution < 1.29 is 5.11 Å². The molecule has 0 aromatic carbocycles. The second-order valence-corrected chi connectivity index (χ2v) is 6.09. The third-order valence-electron chi connectivity index (χ3n) is 4.13. The van der Waals surface area contributed by atoms with Crippen LogP contribution in [0.3, 0.4) is 0 Å². The van der Waals surface area contributed by atoms with Gasteiger partial charge in [-0.15, -0.1) is 0 Å². The Hall–Kier alpha value is -0.830. The van der Waals surface area contributed by atoms with Gasteiger partial charge in [0.05, 0.1) is 0 Å². The summed E-state index contributed by atoms with van der Waals surface area (Å²) in [7, 11) is 0. The first-order valence-electron chi connectivity index (χ1n) is 6.71. The molecule has 0 radical (unpaired) electrons. The van der Waals surface area contributed by atoms with Gasteiger partial charge in [0.2, 0.25) is 0 Å². The normalized spacial score (nSPS) is 28.9. The smallest absolute Gasteiger partial charge is 0.140 e. The minimum absolute atomic E-state index is 0.355. The summed E-state index contributed by atoms with van der Waals surface area (Å²) in [5, 5.41) is 10.9. The predicted molar refractivity (Wildman–Crippen MR) is 68.7 cm³/mol. The van der Waals surface area contributed by atoms with Crippen LogP contribution in [0, 0.1) is 5.41 Å². The van der Waals surface area contributed by atoms with Crippen molar-refractivity contribution in [2.75, 3.05) is 0 Å². The van der Waals surface area contributed by atoms with Crippen molar-refractivity contribution in [2.24, 2.45) is 5.41 Å². The largest absolute Gasteiger partial charge is 0.382 e. The fraction of sp³-hybridized carbons (Fsp3) is 0.786. The number of hydrogen-bond donors (Lipinski definition) is 1. The minimum atomic E-state index is -0.715. The molecule has 1 aliphatic carbocycles. The summed E-state index contributed by atoms with van der Waals surface area (Å²) in [6.07, 6.45) is 8.78. The number of aryl methyl sites for hydroxylation is 1. The van der Waals surface area contributed by atoms with E-state index < -0.39 is 5.60 Å². The monoisotopic (exact) mass is 236 g/mol. The second-order valence-electron chi connectivity index (χ2n) is 6.09. The first-order chi connectivity index (χ1) is 7.97. The summed E-state index contributed by atoms with van der Waals surface area (Å²) >= 11 is 0. The van der Waals surface area contributed by atoms with E-state index in [2.05, 4.69) is 30.3 Å². The zero-order valence-corrected chi connectivity index (χ0v) is 11.2. The molecule has 0 bridgehead atoms. The molecule has 96 valence electrons. The molecule has 17 heavy (non-hydrogen) atoms. The third-order valence-corrected chi connectivity index (χ3v) is 4.13. The van der Waals surface area contributed by atoms with E-state index in [4.69, 9.17) is 0 Å². The Bertz CT molecular complexity index is 383. The molecule has 1 heterocycles. The van der Waals surface area contributed by atoms with Crippen LogP contribution >= 0.6 is 0 Å². The number of hydrogen-bond acceptors (Lipinski definition) is 2. The summed E-state index contributed by atoms with van der Waals surface area (Å²) < 4.78 is 2.07. The lowest BCUT2D eigenvalue weighted by atomic mass is 9.84. The van der Waals surface area contributed by atoms with Crippen LogP contribution in [-0.4, -0.2) is 14.7 Å². The average Bonchev–Trinajstić information content (AvgIpc) is 2.70. The van der Waals surface area contributed by atoms with Gasteiger partial charge in [0.25, 0.3) is 0 Å². The highest BCUT2D eigenvalue weighted by molar-refractivity contribution is 5.06. The molecule has 1 fully saturated rings. The SMILES string of the molecule is CCn1ccnc1C1(O)CCCC(C)(C)CC1. The van der Waals surface area contributed by atoms with Crippen molar-refractivity contribution in [3.05, 3.63) is 18.2 Å². The van der Waals surface area contributed by atoms with E-state index in [1.807, 2.05) is 6.20 Å². The van der Waals surface area contributed by atoms with Gasteiger partial charge in [-0.1, -0.05) is 13.8 Å². The van der Waals surface area contributed by atoms with Crippen LogP contribution in [0.15, 0.2) is 12.4 Å². The number of nitrogens with zero attached hydrogens (tertiary/aromatic N) is 2. The zero-order chi connectivity index (χ0) is 12.5. The van der Waals surface area contributed by atoms with Gasteiger partial charge in [0.1, 0.15) is 11.4 Å². The van der Waals surface area contributed by atoms with Crippen molar-refractivity contribution in [3.8, 4) is 0 Å². The number of rotatable bonds is 2. The summed E-state index contributed by atoms with van der Waals surface area (Å²) in [6, 6.07) is 0. The Morgan fingerprint density at radius 3 is 2.76 bits per heavy atom. The number of aliphatic hydroxyl groups is 1. The molecule has 0 spiro atoms. The molecule has 0 saturated heterocycles. The van der Waals surface area contributed by atoms with E-state index in [1.165, 1.54) is 6.42 Å². The average molecular weight is 236 g/mol. The van der Waals surface area contributed by atoms with E-state index in [0.29, 0.717) is 5.41 Å². The molecule has 1 saturated carbocycles. The van der Waals surface area contributed by atoms with Crippen molar-refractivity contribution in [2.45, 2.75) is 65.0 Å². The Morgan fingerprint density at radius 1 is 1.29 bits per heavy atom. The highest BCUT2D eigenvalue weighted by atomic mass is 16.3. The van der Waals surface area contributed by atoms with Crippen molar-refractivity contribution in [3.63, 3.8) is 0 Å². The van der Waals surface area contributed by atoms with Crippen LogP contribution in [0.25, 0.3) is 0 Å². The second kappa shape index (κ2) is 4.45. The quantitative estimate of drug-likeness (QED) is 0.801. The molecule has 0 amide bonds. The molecular weight excluding hydrogens is 212 g/mol. The van der Waals surface area contributed by atoms with Crippen molar-refractivity contribution in [1.82, 2.24) is 9.55 Å². The molecule has 1 unspecified atom stereocenters. The lowest BCUT2D eigenvalue weighted by Crippen LogP contribution is -2.29. The van der Waals surface area contributed by atoms with Crippen molar-refractivity contribution in [1.29, 1.82) is 0 Å². The first kappa shape index (κ1) is 12.6. The number of imidazole rings is 1. The molecule has 3 nitrogen and oxygen atoms in total. The summed E-state index contributed by atoms with van der Waals surface area (Å²) in [5.41, 5.74) is -0.360. The maximum absolute atomic E-state index is 10.9. The van der Waals surface area contributed by atoms with Crippen molar-refractivity contribution >= 4 is 0 Å². The van der Waals surface area contributed by atoms with Gasteiger partial charge in [0.15, 0.2) is 0 Å². The van der Waals surface area contributed by atoms with E-state index in [9.17, 15) is 5.11 Å². The van der Waals surface area contributed by atoms with Gasteiger partial charge in [-0.05, 0) is 44.4 Å². The first-order valence-corrected chi connectivity index (χ1v) is 6.71. The molecule has 3 heteroatoms. The number of aromatic nitrogens is 2. The lowest BCUT2D eigenvalue weighted by molar-refractivity contribution is 0.00612. The van der Waals surface area contributed by atoms with Gasteiger partial charge in [-0.25, -0.2) is 4.98 Å². The van der Waals surface area contributed by atoms with Gasteiger partial charge in [0, 0.05) is 18.9 Å². The van der Waals surface area contributed by atoms with Crippen LogP contribution in [0.5, 0.6) is 0 Å².